The molecule has 0 radical (unpaired) electrons. The van der Waals surface area contributed by atoms with Crippen LogP contribution in [0.2, 0.25) is 0 Å². The largest absolute Gasteiger partial charge is 0.381 e. The predicted octanol–water partition coefficient (Wildman–Crippen LogP) is 2.26. The molecule has 0 saturated carbocycles. The number of ether oxygens (including phenoxy) is 1. The molecule has 2 amide bonds. The zero-order valence-corrected chi connectivity index (χ0v) is 12.1. The Labute approximate surface area is 120 Å². The zero-order chi connectivity index (χ0) is 14.4. The molecule has 1 aliphatic heterocycles. The van der Waals surface area contributed by atoms with Gasteiger partial charge in [0, 0.05) is 25.5 Å². The van der Waals surface area contributed by atoms with Gasteiger partial charge < -0.3 is 15.4 Å². The fourth-order valence-electron chi connectivity index (χ4n) is 2.48. The molecule has 1 aliphatic rings. The lowest BCUT2D eigenvalue weighted by molar-refractivity contribution is 0.0570. The highest BCUT2D eigenvalue weighted by Crippen LogP contribution is 2.18. The first-order valence-electron chi connectivity index (χ1n) is 7.22. The molecule has 0 aliphatic carbocycles. The van der Waals surface area contributed by atoms with Crippen LogP contribution in [0.5, 0.6) is 0 Å². The van der Waals surface area contributed by atoms with E-state index >= 15 is 0 Å². The second-order valence-electron chi connectivity index (χ2n) is 5.33. The lowest BCUT2D eigenvalue weighted by Gasteiger charge is -2.28. The average Bonchev–Trinajstić information content (AvgIpc) is 2.49. The van der Waals surface area contributed by atoms with Crippen molar-refractivity contribution in [3.63, 3.8) is 0 Å². The highest BCUT2D eigenvalue weighted by molar-refractivity contribution is 5.74. The normalized spacial score (nSPS) is 19.1. The van der Waals surface area contributed by atoms with Crippen LogP contribution < -0.4 is 10.6 Å². The van der Waals surface area contributed by atoms with E-state index in [1.807, 2.05) is 25.1 Å². The molecule has 0 bridgehead atoms. The maximum Gasteiger partial charge on any atom is 0.315 e. The Morgan fingerprint density at radius 2 is 2.05 bits per heavy atom. The fraction of sp³-hybridized carbons (Fsp3) is 0.600. The quantitative estimate of drug-likeness (QED) is 0.887. The monoisotopic (exact) mass is 277 g/mol. The van der Waals surface area contributed by atoms with E-state index in [4.69, 9.17) is 4.74 Å². The topological polar surface area (TPSA) is 63.2 Å². The summed E-state index contributed by atoms with van der Waals surface area (Å²) >= 11 is 0. The zero-order valence-electron chi connectivity index (χ0n) is 12.1. The molecule has 0 aromatic carbocycles. The van der Waals surface area contributed by atoms with Crippen LogP contribution in [-0.4, -0.2) is 30.3 Å². The molecule has 2 N–H and O–H groups in total. The SMILES string of the molecule is C[C@@H](NC(=O)N[C@H](C)C1CCOCC1)c1ccccn1. The van der Waals surface area contributed by atoms with E-state index in [1.54, 1.807) is 6.20 Å². The first kappa shape index (κ1) is 14.8. The van der Waals surface area contributed by atoms with Crippen LogP contribution >= 0.6 is 0 Å². The average molecular weight is 277 g/mol. The maximum absolute atomic E-state index is 12.0. The van der Waals surface area contributed by atoms with E-state index in [0.29, 0.717) is 5.92 Å². The lowest BCUT2D eigenvalue weighted by Crippen LogP contribution is -2.46. The van der Waals surface area contributed by atoms with Crippen molar-refractivity contribution in [2.24, 2.45) is 5.92 Å². The van der Waals surface area contributed by atoms with Crippen LogP contribution in [0.1, 0.15) is 38.4 Å². The molecule has 1 aromatic heterocycles. The van der Waals surface area contributed by atoms with Crippen LogP contribution in [-0.2, 0) is 4.74 Å². The Hall–Kier alpha value is -1.62. The molecule has 110 valence electrons. The number of carbonyl (C=O) groups is 1. The molecular weight excluding hydrogens is 254 g/mol. The minimum Gasteiger partial charge on any atom is -0.381 e. The van der Waals surface area contributed by atoms with E-state index in [2.05, 4.69) is 22.5 Å². The van der Waals surface area contributed by atoms with Gasteiger partial charge in [0.15, 0.2) is 0 Å². The molecular formula is C15H23N3O2. The molecule has 2 heterocycles. The summed E-state index contributed by atoms with van der Waals surface area (Å²) in [5, 5.41) is 5.94. The third-order valence-electron chi connectivity index (χ3n) is 3.81. The summed E-state index contributed by atoms with van der Waals surface area (Å²) in [6, 6.07) is 5.62. The van der Waals surface area contributed by atoms with Gasteiger partial charge in [-0.05, 0) is 44.7 Å². The number of pyridine rings is 1. The molecule has 0 unspecified atom stereocenters. The summed E-state index contributed by atoms with van der Waals surface area (Å²) in [7, 11) is 0. The van der Waals surface area contributed by atoms with Gasteiger partial charge in [-0.25, -0.2) is 4.79 Å². The molecule has 20 heavy (non-hydrogen) atoms. The van der Waals surface area contributed by atoms with Crippen LogP contribution in [0.3, 0.4) is 0 Å². The Morgan fingerprint density at radius 1 is 1.30 bits per heavy atom. The summed E-state index contributed by atoms with van der Waals surface area (Å²) in [4.78, 5) is 16.2. The number of carbonyl (C=O) groups excluding carboxylic acids is 1. The predicted molar refractivity (Wildman–Crippen MR) is 77.3 cm³/mol. The number of nitrogens with zero attached hydrogens (tertiary/aromatic N) is 1. The maximum atomic E-state index is 12.0. The minimum atomic E-state index is -0.137. The second-order valence-corrected chi connectivity index (χ2v) is 5.33. The van der Waals surface area contributed by atoms with Crippen molar-refractivity contribution >= 4 is 6.03 Å². The number of hydrogen-bond donors (Lipinski definition) is 2. The highest BCUT2D eigenvalue weighted by atomic mass is 16.5. The van der Waals surface area contributed by atoms with Gasteiger partial charge in [0.2, 0.25) is 0 Å². The van der Waals surface area contributed by atoms with E-state index < -0.39 is 0 Å². The second kappa shape index (κ2) is 7.24. The number of amides is 2. The smallest absolute Gasteiger partial charge is 0.315 e. The van der Waals surface area contributed by atoms with Crippen molar-refractivity contribution < 1.29 is 9.53 Å². The number of rotatable bonds is 4. The molecule has 1 saturated heterocycles. The highest BCUT2D eigenvalue weighted by Gasteiger charge is 2.22. The van der Waals surface area contributed by atoms with Crippen LogP contribution in [0, 0.1) is 5.92 Å². The van der Waals surface area contributed by atoms with Gasteiger partial charge in [0.25, 0.3) is 0 Å². The van der Waals surface area contributed by atoms with Gasteiger partial charge in [0.1, 0.15) is 0 Å². The summed E-state index contributed by atoms with van der Waals surface area (Å²) < 4.78 is 5.34. The molecule has 2 atom stereocenters. The third kappa shape index (κ3) is 4.20. The van der Waals surface area contributed by atoms with E-state index in [-0.39, 0.29) is 18.1 Å². The lowest BCUT2D eigenvalue weighted by atomic mass is 9.93. The standard InChI is InChI=1S/C15H23N3O2/c1-11(13-6-9-20-10-7-13)17-15(19)18-12(2)14-5-3-4-8-16-14/h3-5,8,11-13H,6-7,9-10H2,1-2H3,(H2,17,18,19)/t11-,12-/m1/s1. The van der Waals surface area contributed by atoms with Gasteiger partial charge in [-0.15, -0.1) is 0 Å². The first-order chi connectivity index (χ1) is 9.66. The van der Waals surface area contributed by atoms with Crippen LogP contribution in [0.4, 0.5) is 4.79 Å². The number of hydrogen-bond acceptors (Lipinski definition) is 3. The fourth-order valence-corrected chi connectivity index (χ4v) is 2.48. The number of urea groups is 1. The van der Waals surface area contributed by atoms with Crippen LogP contribution in [0.15, 0.2) is 24.4 Å². The molecule has 5 heteroatoms. The van der Waals surface area contributed by atoms with Crippen molar-refractivity contribution in [2.75, 3.05) is 13.2 Å². The Kier molecular flexibility index (Phi) is 5.35. The number of nitrogens with one attached hydrogen (secondary N) is 2. The minimum absolute atomic E-state index is 0.0990. The summed E-state index contributed by atoms with van der Waals surface area (Å²) in [5.41, 5.74) is 0.862. The third-order valence-corrected chi connectivity index (χ3v) is 3.81. The first-order valence-corrected chi connectivity index (χ1v) is 7.22. The van der Waals surface area contributed by atoms with E-state index in [1.165, 1.54) is 0 Å². The van der Waals surface area contributed by atoms with E-state index in [9.17, 15) is 4.79 Å². The Bertz CT molecular complexity index is 418. The molecule has 1 fully saturated rings. The molecule has 0 spiro atoms. The van der Waals surface area contributed by atoms with E-state index in [0.717, 1.165) is 31.7 Å². The molecule has 2 rings (SSSR count). The van der Waals surface area contributed by atoms with Gasteiger partial charge >= 0.3 is 6.03 Å². The van der Waals surface area contributed by atoms with Gasteiger partial charge in [-0.2, -0.15) is 0 Å². The Morgan fingerprint density at radius 3 is 2.70 bits per heavy atom. The van der Waals surface area contributed by atoms with Crippen molar-refractivity contribution in [3.05, 3.63) is 30.1 Å². The Balaban J connectivity index is 1.79. The summed E-state index contributed by atoms with van der Waals surface area (Å²) in [6.07, 6.45) is 3.75. The summed E-state index contributed by atoms with van der Waals surface area (Å²) in [5.74, 6) is 0.500. The van der Waals surface area contributed by atoms with Gasteiger partial charge in [-0.3, -0.25) is 4.98 Å². The van der Waals surface area contributed by atoms with Crippen molar-refractivity contribution in [2.45, 2.75) is 38.8 Å². The summed E-state index contributed by atoms with van der Waals surface area (Å²) in [6.45, 7) is 5.58. The van der Waals surface area contributed by atoms with Crippen LogP contribution in [0.25, 0.3) is 0 Å². The van der Waals surface area contributed by atoms with Gasteiger partial charge in [0.05, 0.1) is 11.7 Å². The van der Waals surface area contributed by atoms with Gasteiger partial charge in [-0.1, -0.05) is 6.07 Å². The number of aromatic nitrogens is 1. The van der Waals surface area contributed by atoms with Crippen molar-refractivity contribution in [1.82, 2.24) is 15.6 Å². The molecule has 5 nitrogen and oxygen atoms in total. The van der Waals surface area contributed by atoms with Crippen molar-refractivity contribution in [3.8, 4) is 0 Å². The molecule has 1 aromatic rings. The van der Waals surface area contributed by atoms with Crippen molar-refractivity contribution in [1.29, 1.82) is 0 Å².